The molecule has 1 heterocycles. The Morgan fingerprint density at radius 1 is 0.972 bits per heavy atom. The number of H-pyrrole nitrogens is 1. The minimum atomic E-state index is -4.03. The van der Waals surface area contributed by atoms with Crippen LogP contribution in [0.5, 0.6) is 0 Å². The lowest BCUT2D eigenvalue weighted by atomic mass is 10.0. The number of carbonyl (C=O) groups excluding carboxylic acids is 1. The zero-order valence-corrected chi connectivity index (χ0v) is 20.6. The van der Waals surface area contributed by atoms with Gasteiger partial charge in [0.1, 0.15) is 6.04 Å². The Hall–Kier alpha value is -3.66. The molecule has 1 amide bonds. The van der Waals surface area contributed by atoms with E-state index in [1.807, 2.05) is 24.3 Å². The van der Waals surface area contributed by atoms with Crippen molar-refractivity contribution in [2.24, 2.45) is 0 Å². The zero-order valence-electron chi connectivity index (χ0n) is 19.1. The van der Waals surface area contributed by atoms with Gasteiger partial charge in [-0.1, -0.05) is 41.9 Å². The first-order valence-electron chi connectivity index (χ1n) is 11.2. The van der Waals surface area contributed by atoms with Crippen molar-refractivity contribution in [1.29, 1.82) is 0 Å². The third-order valence-electron chi connectivity index (χ3n) is 5.69. The molecule has 1 atom stereocenters. The summed E-state index contributed by atoms with van der Waals surface area (Å²) >= 11 is 5.89. The monoisotopic (exact) mass is 525 g/mol. The quantitative estimate of drug-likeness (QED) is 0.244. The standard InChI is InChI=1S/C26H24ClN3O5S/c27-19-8-12-21(13-9-19)36(34,35)30-24(15-18-16-28-23-4-2-1-3-22(18)23)26(33)29-20-10-5-17(6-11-20)7-14-25(31)32/h1-6,8-13,16,24,28,30H,7,14-15H2,(H,29,33)(H,31,32). The van der Waals surface area contributed by atoms with Crippen LogP contribution in [0.3, 0.4) is 0 Å². The zero-order chi connectivity index (χ0) is 25.7. The van der Waals surface area contributed by atoms with Crippen LogP contribution >= 0.6 is 11.6 Å². The molecule has 0 aliphatic heterocycles. The molecule has 4 N–H and O–H groups in total. The Morgan fingerprint density at radius 2 is 1.67 bits per heavy atom. The van der Waals surface area contributed by atoms with E-state index in [1.165, 1.54) is 24.3 Å². The van der Waals surface area contributed by atoms with Gasteiger partial charge in [-0.2, -0.15) is 4.72 Å². The topological polar surface area (TPSA) is 128 Å². The van der Waals surface area contributed by atoms with Gasteiger partial charge in [-0.3, -0.25) is 9.59 Å². The number of anilines is 1. The van der Waals surface area contributed by atoms with Crippen molar-refractivity contribution in [3.05, 3.63) is 95.1 Å². The summed E-state index contributed by atoms with van der Waals surface area (Å²) < 4.78 is 28.7. The maximum absolute atomic E-state index is 13.3. The van der Waals surface area contributed by atoms with Crippen LogP contribution in [-0.2, 0) is 32.5 Å². The van der Waals surface area contributed by atoms with Crippen molar-refractivity contribution in [2.45, 2.75) is 30.2 Å². The molecular weight excluding hydrogens is 502 g/mol. The van der Waals surface area contributed by atoms with E-state index in [1.54, 1.807) is 30.5 Å². The Kier molecular flexibility index (Phi) is 7.73. The van der Waals surface area contributed by atoms with Crippen LogP contribution in [0.25, 0.3) is 10.9 Å². The molecule has 0 bridgehead atoms. The summed E-state index contributed by atoms with van der Waals surface area (Å²) in [5.74, 6) is -1.42. The highest BCUT2D eigenvalue weighted by Gasteiger charge is 2.27. The van der Waals surface area contributed by atoms with Crippen molar-refractivity contribution >= 4 is 50.1 Å². The Bertz CT molecular complexity index is 1480. The molecule has 4 rings (SSSR count). The predicted molar refractivity (Wildman–Crippen MR) is 139 cm³/mol. The van der Waals surface area contributed by atoms with E-state index in [2.05, 4.69) is 15.0 Å². The van der Waals surface area contributed by atoms with Gasteiger partial charge in [-0.15, -0.1) is 0 Å². The highest BCUT2D eigenvalue weighted by molar-refractivity contribution is 7.89. The number of aliphatic carboxylic acids is 1. The Labute approximate surface area is 213 Å². The van der Waals surface area contributed by atoms with Gasteiger partial charge in [0, 0.05) is 34.2 Å². The summed E-state index contributed by atoms with van der Waals surface area (Å²) in [6, 6.07) is 18.9. The molecule has 1 aromatic heterocycles. The molecule has 36 heavy (non-hydrogen) atoms. The highest BCUT2D eigenvalue weighted by atomic mass is 35.5. The molecule has 1 unspecified atom stereocenters. The first-order valence-corrected chi connectivity index (χ1v) is 13.0. The molecule has 0 radical (unpaired) electrons. The number of benzene rings is 3. The van der Waals surface area contributed by atoms with Crippen LogP contribution in [0.4, 0.5) is 5.69 Å². The number of carboxylic acid groups (broad SMARTS) is 1. The van der Waals surface area contributed by atoms with Crippen molar-refractivity contribution in [3.8, 4) is 0 Å². The minimum absolute atomic E-state index is 0.00484. The first kappa shape index (κ1) is 25.4. The molecule has 0 aliphatic carbocycles. The van der Waals surface area contributed by atoms with E-state index in [4.69, 9.17) is 16.7 Å². The lowest BCUT2D eigenvalue weighted by Gasteiger charge is -2.19. The minimum Gasteiger partial charge on any atom is -0.481 e. The Morgan fingerprint density at radius 3 is 2.36 bits per heavy atom. The predicted octanol–water partition coefficient (Wildman–Crippen LogP) is 4.37. The summed E-state index contributed by atoms with van der Waals surface area (Å²) in [6.45, 7) is 0. The molecule has 3 aromatic carbocycles. The van der Waals surface area contributed by atoms with Gasteiger partial charge in [-0.25, -0.2) is 8.42 Å². The summed E-state index contributed by atoms with van der Waals surface area (Å²) in [4.78, 5) is 27.2. The second-order valence-corrected chi connectivity index (χ2v) is 10.4. The lowest BCUT2D eigenvalue weighted by molar-refractivity contribution is -0.137. The Balaban J connectivity index is 1.57. The summed E-state index contributed by atoms with van der Waals surface area (Å²) in [5, 5.41) is 12.9. The van der Waals surface area contributed by atoms with E-state index >= 15 is 0 Å². The first-order chi connectivity index (χ1) is 17.2. The van der Waals surface area contributed by atoms with Gasteiger partial charge < -0.3 is 15.4 Å². The van der Waals surface area contributed by atoms with Crippen molar-refractivity contribution in [1.82, 2.24) is 9.71 Å². The number of halogens is 1. The maximum atomic E-state index is 13.3. The molecular formula is C26H24ClN3O5S. The number of aryl methyl sites for hydroxylation is 1. The van der Waals surface area contributed by atoms with Crippen LogP contribution < -0.4 is 10.0 Å². The molecule has 0 saturated heterocycles. The fourth-order valence-corrected chi connectivity index (χ4v) is 5.13. The molecule has 0 spiro atoms. The average molecular weight is 526 g/mol. The number of hydrogen-bond acceptors (Lipinski definition) is 4. The van der Waals surface area contributed by atoms with Gasteiger partial charge in [0.15, 0.2) is 0 Å². The SMILES string of the molecule is O=C(O)CCc1ccc(NC(=O)C(Cc2c[nH]c3ccccc23)NS(=O)(=O)c2ccc(Cl)cc2)cc1. The van der Waals surface area contributed by atoms with Crippen LogP contribution in [0, 0.1) is 0 Å². The molecule has 8 nitrogen and oxygen atoms in total. The number of sulfonamides is 1. The van der Waals surface area contributed by atoms with Crippen LogP contribution in [-0.4, -0.2) is 36.4 Å². The van der Waals surface area contributed by atoms with E-state index in [9.17, 15) is 18.0 Å². The van der Waals surface area contributed by atoms with Gasteiger partial charge in [-0.05, 0) is 66.4 Å². The molecule has 186 valence electrons. The van der Waals surface area contributed by atoms with Gasteiger partial charge in [0.2, 0.25) is 15.9 Å². The second-order valence-electron chi connectivity index (χ2n) is 8.27. The number of aromatic nitrogens is 1. The van der Waals surface area contributed by atoms with E-state index < -0.39 is 27.9 Å². The number of carbonyl (C=O) groups is 2. The number of aromatic amines is 1. The summed E-state index contributed by atoms with van der Waals surface area (Å²) in [7, 11) is -4.03. The number of nitrogens with one attached hydrogen (secondary N) is 3. The van der Waals surface area contributed by atoms with Crippen LogP contribution in [0.1, 0.15) is 17.5 Å². The lowest BCUT2D eigenvalue weighted by Crippen LogP contribution is -2.45. The van der Waals surface area contributed by atoms with Crippen LogP contribution in [0.15, 0.2) is 83.9 Å². The smallest absolute Gasteiger partial charge is 0.303 e. The molecule has 0 aliphatic rings. The van der Waals surface area contributed by atoms with Crippen molar-refractivity contribution in [2.75, 3.05) is 5.32 Å². The molecule has 10 heteroatoms. The van der Waals surface area contributed by atoms with E-state index in [0.717, 1.165) is 22.0 Å². The third-order valence-corrected chi connectivity index (χ3v) is 7.43. The number of carboxylic acids is 1. The van der Waals surface area contributed by atoms with E-state index in [0.29, 0.717) is 17.1 Å². The van der Waals surface area contributed by atoms with Gasteiger partial charge in [0.25, 0.3) is 0 Å². The summed E-state index contributed by atoms with van der Waals surface area (Å²) in [5.41, 5.74) is 2.95. The number of amides is 1. The summed E-state index contributed by atoms with van der Waals surface area (Å²) in [6.07, 6.45) is 2.25. The fraction of sp³-hybridized carbons (Fsp3) is 0.154. The molecule has 0 fully saturated rings. The van der Waals surface area contributed by atoms with Crippen molar-refractivity contribution < 1.29 is 23.1 Å². The molecule has 0 saturated carbocycles. The van der Waals surface area contributed by atoms with Crippen molar-refractivity contribution in [3.63, 3.8) is 0 Å². The fourth-order valence-electron chi connectivity index (χ4n) is 3.81. The largest absolute Gasteiger partial charge is 0.481 e. The highest BCUT2D eigenvalue weighted by Crippen LogP contribution is 2.21. The average Bonchev–Trinajstić information content (AvgIpc) is 3.26. The molecule has 4 aromatic rings. The van der Waals surface area contributed by atoms with Gasteiger partial charge in [0.05, 0.1) is 4.90 Å². The normalized spacial score (nSPS) is 12.4. The number of rotatable bonds is 10. The van der Waals surface area contributed by atoms with Crippen LogP contribution in [0.2, 0.25) is 5.02 Å². The van der Waals surface area contributed by atoms with E-state index in [-0.39, 0.29) is 17.7 Å². The van der Waals surface area contributed by atoms with Gasteiger partial charge >= 0.3 is 5.97 Å². The number of para-hydroxylation sites is 1. The second kappa shape index (κ2) is 10.9. The number of hydrogen-bond donors (Lipinski definition) is 4. The number of fused-ring (bicyclic) bond motifs is 1. The third kappa shape index (κ3) is 6.31. The maximum Gasteiger partial charge on any atom is 0.303 e.